The average molecular weight is 437 g/mol. The summed E-state index contributed by atoms with van der Waals surface area (Å²) in [5, 5.41) is 3.58. The summed E-state index contributed by atoms with van der Waals surface area (Å²) in [4.78, 5) is 16.3. The van der Waals surface area contributed by atoms with Crippen LogP contribution in [-0.2, 0) is 11.3 Å². The van der Waals surface area contributed by atoms with E-state index >= 15 is 0 Å². The molecular formula is C25H36N6O. The molecule has 2 saturated heterocycles. The maximum atomic E-state index is 6.13. The molecule has 7 nitrogen and oxygen atoms in total. The van der Waals surface area contributed by atoms with Crippen LogP contribution in [0.2, 0.25) is 0 Å². The number of aliphatic imine (C=N–C) groups is 1. The van der Waals surface area contributed by atoms with Crippen molar-refractivity contribution in [3.63, 3.8) is 0 Å². The van der Waals surface area contributed by atoms with Crippen molar-refractivity contribution in [1.82, 2.24) is 20.1 Å². The lowest BCUT2D eigenvalue weighted by atomic mass is 10.00. The number of nitrogens with zero attached hydrogens (tertiary/aromatic N) is 5. The van der Waals surface area contributed by atoms with Crippen molar-refractivity contribution in [2.24, 2.45) is 4.99 Å². The highest BCUT2D eigenvalue weighted by atomic mass is 16.5. The van der Waals surface area contributed by atoms with Crippen LogP contribution in [0.25, 0.3) is 0 Å². The van der Waals surface area contributed by atoms with Crippen LogP contribution >= 0.6 is 0 Å². The Bertz CT molecular complexity index is 938. The molecule has 2 aliphatic rings. The Hall–Kier alpha value is -2.64. The fourth-order valence-corrected chi connectivity index (χ4v) is 4.59. The predicted molar refractivity (Wildman–Crippen MR) is 130 cm³/mol. The highest BCUT2D eigenvalue weighted by Gasteiger charge is 2.25. The maximum absolute atomic E-state index is 6.13. The minimum absolute atomic E-state index is 0.0576. The van der Waals surface area contributed by atoms with Gasteiger partial charge in [-0.1, -0.05) is 29.8 Å². The molecule has 0 spiro atoms. The number of aromatic nitrogens is 1. The molecule has 0 amide bonds. The van der Waals surface area contributed by atoms with E-state index in [9.17, 15) is 0 Å². The molecule has 1 atom stereocenters. The Labute approximate surface area is 192 Å². The number of rotatable bonds is 4. The molecule has 0 saturated carbocycles. The average Bonchev–Trinajstić information content (AvgIpc) is 2.80. The van der Waals surface area contributed by atoms with E-state index in [0.29, 0.717) is 13.2 Å². The third kappa shape index (κ3) is 5.22. The van der Waals surface area contributed by atoms with Crippen LogP contribution in [0.15, 0.2) is 41.5 Å². The minimum Gasteiger partial charge on any atom is -0.370 e. The Morgan fingerprint density at radius 1 is 1.16 bits per heavy atom. The Morgan fingerprint density at radius 3 is 2.72 bits per heavy atom. The molecule has 0 radical (unpaired) electrons. The van der Waals surface area contributed by atoms with Crippen molar-refractivity contribution < 1.29 is 4.74 Å². The smallest absolute Gasteiger partial charge is 0.194 e. The summed E-state index contributed by atoms with van der Waals surface area (Å²) in [6.07, 6.45) is 1.95. The number of anilines is 1. The zero-order chi connectivity index (χ0) is 22.5. The predicted octanol–water partition coefficient (Wildman–Crippen LogP) is 2.60. The summed E-state index contributed by atoms with van der Waals surface area (Å²) >= 11 is 0. The molecule has 1 N–H and O–H groups in total. The SMILES string of the molecule is CN=C(NCc1cccnc1N1CCN(C)CC1)N1CCOC(c2ccc(C)cc2C)C1. The van der Waals surface area contributed by atoms with Gasteiger partial charge >= 0.3 is 0 Å². The fraction of sp³-hybridized carbons (Fsp3) is 0.520. The van der Waals surface area contributed by atoms with Crippen molar-refractivity contribution in [1.29, 1.82) is 0 Å². The van der Waals surface area contributed by atoms with Crippen LogP contribution in [0, 0.1) is 13.8 Å². The molecule has 0 aliphatic carbocycles. The van der Waals surface area contributed by atoms with E-state index in [1.165, 1.54) is 22.3 Å². The number of ether oxygens (including phenoxy) is 1. The molecule has 0 bridgehead atoms. The minimum atomic E-state index is 0.0576. The number of piperazine rings is 1. The quantitative estimate of drug-likeness (QED) is 0.587. The second kappa shape index (κ2) is 10.3. The summed E-state index contributed by atoms with van der Waals surface area (Å²) in [6.45, 7) is 11.5. The van der Waals surface area contributed by atoms with Gasteiger partial charge < -0.3 is 24.8 Å². The monoisotopic (exact) mass is 436 g/mol. The number of morpholine rings is 1. The molecular weight excluding hydrogens is 400 g/mol. The summed E-state index contributed by atoms with van der Waals surface area (Å²) < 4.78 is 6.13. The highest BCUT2D eigenvalue weighted by molar-refractivity contribution is 5.80. The van der Waals surface area contributed by atoms with E-state index < -0.39 is 0 Å². The number of aryl methyl sites for hydroxylation is 2. The highest BCUT2D eigenvalue weighted by Crippen LogP contribution is 2.26. The molecule has 1 aromatic heterocycles. The topological polar surface area (TPSA) is 56.2 Å². The van der Waals surface area contributed by atoms with Crippen LogP contribution in [-0.4, -0.2) is 80.7 Å². The van der Waals surface area contributed by atoms with E-state index in [1.807, 2.05) is 19.3 Å². The molecule has 4 rings (SSSR count). The van der Waals surface area contributed by atoms with E-state index in [-0.39, 0.29) is 6.10 Å². The van der Waals surface area contributed by atoms with Crippen LogP contribution < -0.4 is 10.2 Å². The second-order valence-electron chi connectivity index (χ2n) is 8.84. The normalized spacial score (nSPS) is 20.5. The third-order valence-corrected chi connectivity index (χ3v) is 6.46. The van der Waals surface area contributed by atoms with Gasteiger partial charge in [0.1, 0.15) is 11.9 Å². The van der Waals surface area contributed by atoms with Gasteiger partial charge in [0, 0.05) is 58.1 Å². The van der Waals surface area contributed by atoms with Gasteiger partial charge in [-0.25, -0.2) is 4.98 Å². The first-order valence-electron chi connectivity index (χ1n) is 11.6. The third-order valence-electron chi connectivity index (χ3n) is 6.46. The van der Waals surface area contributed by atoms with Gasteiger partial charge in [-0.3, -0.25) is 4.99 Å². The lowest BCUT2D eigenvalue weighted by Crippen LogP contribution is -2.48. The molecule has 1 unspecified atom stereocenters. The number of likely N-dealkylation sites (N-methyl/N-ethyl adjacent to an activating group) is 1. The van der Waals surface area contributed by atoms with E-state index in [1.54, 1.807) is 0 Å². The van der Waals surface area contributed by atoms with Gasteiger partial charge in [-0.2, -0.15) is 0 Å². The van der Waals surface area contributed by atoms with Gasteiger partial charge in [0.25, 0.3) is 0 Å². The van der Waals surface area contributed by atoms with Gasteiger partial charge in [-0.15, -0.1) is 0 Å². The lowest BCUT2D eigenvalue weighted by molar-refractivity contribution is -0.00834. The zero-order valence-electron chi connectivity index (χ0n) is 19.8. The summed E-state index contributed by atoms with van der Waals surface area (Å²) in [5.41, 5.74) is 5.04. The number of guanidine groups is 1. The van der Waals surface area contributed by atoms with Gasteiger partial charge in [0.05, 0.1) is 13.2 Å². The number of nitrogens with one attached hydrogen (secondary N) is 1. The van der Waals surface area contributed by atoms with E-state index in [0.717, 1.165) is 51.0 Å². The van der Waals surface area contributed by atoms with Crippen molar-refractivity contribution >= 4 is 11.8 Å². The molecule has 2 fully saturated rings. The molecule has 7 heteroatoms. The van der Waals surface area contributed by atoms with Gasteiger partial charge in [0.15, 0.2) is 5.96 Å². The first kappa shape index (κ1) is 22.6. The number of hydrogen-bond donors (Lipinski definition) is 1. The Kier molecular flexibility index (Phi) is 7.27. The molecule has 1 aromatic carbocycles. The first-order chi connectivity index (χ1) is 15.5. The van der Waals surface area contributed by atoms with Crippen LogP contribution in [0.3, 0.4) is 0 Å². The first-order valence-corrected chi connectivity index (χ1v) is 11.6. The van der Waals surface area contributed by atoms with E-state index in [4.69, 9.17) is 9.72 Å². The Morgan fingerprint density at radius 2 is 1.97 bits per heavy atom. The molecule has 2 aromatic rings. The molecule has 172 valence electrons. The summed E-state index contributed by atoms with van der Waals surface area (Å²) in [6, 6.07) is 10.8. The van der Waals surface area contributed by atoms with Gasteiger partial charge in [-0.05, 0) is 38.1 Å². The second-order valence-corrected chi connectivity index (χ2v) is 8.84. The van der Waals surface area contributed by atoms with Crippen LogP contribution in [0.5, 0.6) is 0 Å². The van der Waals surface area contributed by atoms with Crippen molar-refractivity contribution in [3.8, 4) is 0 Å². The molecule has 3 heterocycles. The zero-order valence-corrected chi connectivity index (χ0v) is 19.8. The van der Waals surface area contributed by atoms with Crippen molar-refractivity contribution in [3.05, 3.63) is 58.8 Å². The van der Waals surface area contributed by atoms with Crippen molar-refractivity contribution in [2.75, 3.05) is 64.9 Å². The van der Waals surface area contributed by atoms with Crippen LogP contribution in [0.4, 0.5) is 5.82 Å². The molecule has 2 aliphatic heterocycles. The summed E-state index contributed by atoms with van der Waals surface area (Å²) in [7, 11) is 4.03. The number of hydrogen-bond acceptors (Lipinski definition) is 5. The lowest BCUT2D eigenvalue weighted by Gasteiger charge is -2.36. The number of benzene rings is 1. The Balaban J connectivity index is 1.42. The standard InChI is InChI=1S/C25H36N6O/c1-19-7-8-22(20(2)16-19)23-18-31(14-15-32-23)25(26-3)28-17-21-6-5-9-27-24(21)30-12-10-29(4)11-13-30/h5-9,16,23H,10-15,17-18H2,1-4H3,(H,26,28). The largest absolute Gasteiger partial charge is 0.370 e. The van der Waals surface area contributed by atoms with Crippen molar-refractivity contribution in [2.45, 2.75) is 26.5 Å². The maximum Gasteiger partial charge on any atom is 0.194 e. The van der Waals surface area contributed by atoms with Crippen LogP contribution in [0.1, 0.15) is 28.4 Å². The molecule has 32 heavy (non-hydrogen) atoms. The number of pyridine rings is 1. The van der Waals surface area contributed by atoms with E-state index in [2.05, 4.69) is 70.2 Å². The van der Waals surface area contributed by atoms with Gasteiger partial charge in [0.2, 0.25) is 0 Å². The summed E-state index contributed by atoms with van der Waals surface area (Å²) in [5.74, 6) is 2.00. The fourth-order valence-electron chi connectivity index (χ4n) is 4.59.